The number of carbonyl (C=O) groups is 2. The lowest BCUT2D eigenvalue weighted by atomic mass is 9.46. The third-order valence-corrected chi connectivity index (χ3v) is 9.05. The number of methoxy groups -OCH3 is 1. The first-order chi connectivity index (χ1) is 18.6. The molecule has 0 radical (unpaired) electrons. The molecule has 2 fully saturated rings. The van der Waals surface area contributed by atoms with Gasteiger partial charge in [0, 0.05) is 30.1 Å². The van der Waals surface area contributed by atoms with E-state index in [2.05, 4.69) is 17.6 Å². The third kappa shape index (κ3) is 6.20. The number of amides is 2. The summed E-state index contributed by atoms with van der Waals surface area (Å²) in [6, 6.07) is 12.9. The molecule has 0 bridgehead atoms. The molecule has 0 aliphatic heterocycles. The molecule has 0 heterocycles. The summed E-state index contributed by atoms with van der Waals surface area (Å²) >= 11 is 0. The lowest BCUT2D eigenvalue weighted by Gasteiger charge is -2.60. The summed E-state index contributed by atoms with van der Waals surface area (Å²) in [5, 5.41) is 27.3. The zero-order valence-electron chi connectivity index (χ0n) is 22.8. The number of benzene rings is 2. The van der Waals surface area contributed by atoms with E-state index in [4.69, 9.17) is 9.47 Å². The lowest BCUT2D eigenvalue weighted by Crippen LogP contribution is -2.61. The Kier molecular flexibility index (Phi) is 8.81. The van der Waals surface area contributed by atoms with Crippen molar-refractivity contribution < 1.29 is 33.7 Å². The standard InChI is InChI=1S/C30H39FN2O6/c1-29-14-13-26(39-28(37)33-21-5-4-6-22(15-21)38-3)30(2,18-34)25(29)12-11-24(35)23(29)16-27(36)32-17-19-7-9-20(31)10-8-19/h4-10,15,23-26,34-35H,11-14,16-18H2,1-3H3,(H,32,36)(H,33,37). The zero-order valence-corrected chi connectivity index (χ0v) is 22.8. The molecule has 2 aliphatic rings. The van der Waals surface area contributed by atoms with Crippen molar-refractivity contribution in [2.75, 3.05) is 19.0 Å². The maximum Gasteiger partial charge on any atom is 0.411 e. The summed E-state index contributed by atoms with van der Waals surface area (Å²) in [4.78, 5) is 25.8. The number of nitrogens with one attached hydrogen (secondary N) is 2. The van der Waals surface area contributed by atoms with Crippen LogP contribution in [-0.2, 0) is 16.1 Å². The largest absolute Gasteiger partial charge is 0.497 e. The van der Waals surface area contributed by atoms with E-state index in [1.54, 1.807) is 43.5 Å². The first-order valence-corrected chi connectivity index (χ1v) is 13.5. The molecule has 8 nitrogen and oxygen atoms in total. The average molecular weight is 543 g/mol. The summed E-state index contributed by atoms with van der Waals surface area (Å²) in [5.41, 5.74) is 0.140. The molecule has 2 amide bonds. The van der Waals surface area contributed by atoms with Crippen molar-refractivity contribution in [1.82, 2.24) is 5.32 Å². The zero-order chi connectivity index (χ0) is 28.2. The first-order valence-electron chi connectivity index (χ1n) is 13.5. The number of rotatable bonds is 8. The van der Waals surface area contributed by atoms with Crippen LogP contribution in [0, 0.1) is 28.5 Å². The Morgan fingerprint density at radius 1 is 1.10 bits per heavy atom. The summed E-state index contributed by atoms with van der Waals surface area (Å²) in [6.07, 6.45) is 0.624. The average Bonchev–Trinajstić information content (AvgIpc) is 2.92. The number of anilines is 1. The van der Waals surface area contributed by atoms with Gasteiger partial charge in [-0.3, -0.25) is 10.1 Å². The molecule has 9 heteroatoms. The Bertz CT molecular complexity index is 1160. The number of hydrogen-bond donors (Lipinski definition) is 4. The highest BCUT2D eigenvalue weighted by Crippen LogP contribution is 2.61. The van der Waals surface area contributed by atoms with Gasteiger partial charge in [0.1, 0.15) is 17.7 Å². The van der Waals surface area contributed by atoms with Crippen molar-refractivity contribution in [2.45, 2.75) is 64.7 Å². The molecular formula is C30H39FN2O6. The van der Waals surface area contributed by atoms with E-state index >= 15 is 0 Å². The van der Waals surface area contributed by atoms with E-state index in [9.17, 15) is 24.2 Å². The molecule has 2 saturated carbocycles. The maximum atomic E-state index is 13.2. The highest BCUT2D eigenvalue weighted by molar-refractivity contribution is 5.85. The normalized spacial score (nSPS) is 30.1. The van der Waals surface area contributed by atoms with Crippen molar-refractivity contribution in [3.8, 4) is 5.75 Å². The predicted octanol–water partition coefficient (Wildman–Crippen LogP) is 4.64. The minimum Gasteiger partial charge on any atom is -0.497 e. The van der Waals surface area contributed by atoms with E-state index in [-0.39, 0.29) is 43.1 Å². The van der Waals surface area contributed by atoms with Gasteiger partial charge in [-0.25, -0.2) is 9.18 Å². The second-order valence-corrected chi connectivity index (χ2v) is 11.4. The van der Waals surface area contributed by atoms with Gasteiger partial charge in [0.15, 0.2) is 0 Å². The minimum absolute atomic E-state index is 0.0725. The van der Waals surface area contributed by atoms with Crippen LogP contribution >= 0.6 is 0 Å². The molecule has 2 aliphatic carbocycles. The van der Waals surface area contributed by atoms with Gasteiger partial charge in [-0.1, -0.05) is 32.0 Å². The molecule has 0 spiro atoms. The van der Waals surface area contributed by atoms with Gasteiger partial charge in [-0.15, -0.1) is 0 Å². The van der Waals surface area contributed by atoms with E-state index in [0.717, 1.165) is 5.56 Å². The highest BCUT2D eigenvalue weighted by Gasteiger charge is 2.60. The van der Waals surface area contributed by atoms with Crippen LogP contribution in [0.4, 0.5) is 14.9 Å². The monoisotopic (exact) mass is 542 g/mol. The molecule has 6 atom stereocenters. The van der Waals surface area contributed by atoms with Gasteiger partial charge in [0.25, 0.3) is 0 Å². The maximum absolute atomic E-state index is 13.2. The molecule has 4 N–H and O–H groups in total. The molecule has 2 aromatic rings. The number of ether oxygens (including phenoxy) is 2. The summed E-state index contributed by atoms with van der Waals surface area (Å²) in [7, 11) is 1.55. The molecular weight excluding hydrogens is 503 g/mol. The highest BCUT2D eigenvalue weighted by atomic mass is 19.1. The van der Waals surface area contributed by atoms with Crippen molar-refractivity contribution in [2.24, 2.45) is 22.7 Å². The number of aliphatic hydroxyl groups excluding tert-OH is 2. The van der Waals surface area contributed by atoms with Crippen molar-refractivity contribution in [3.63, 3.8) is 0 Å². The number of halogens is 1. The summed E-state index contributed by atoms with van der Waals surface area (Å²) in [6.45, 7) is 4.10. The Morgan fingerprint density at radius 3 is 2.54 bits per heavy atom. The molecule has 2 aromatic carbocycles. The molecule has 0 saturated heterocycles. The topological polar surface area (TPSA) is 117 Å². The number of fused-ring (bicyclic) bond motifs is 1. The van der Waals surface area contributed by atoms with Gasteiger partial charge < -0.3 is 25.0 Å². The van der Waals surface area contributed by atoms with E-state index in [1.807, 2.05) is 6.92 Å². The number of hydrogen-bond acceptors (Lipinski definition) is 6. The lowest BCUT2D eigenvalue weighted by molar-refractivity contribution is -0.185. The van der Waals surface area contributed by atoms with Gasteiger partial charge in [-0.05, 0) is 72.8 Å². The van der Waals surface area contributed by atoms with Crippen molar-refractivity contribution in [1.29, 1.82) is 0 Å². The van der Waals surface area contributed by atoms with Gasteiger partial charge in [0.2, 0.25) is 5.91 Å². The van der Waals surface area contributed by atoms with Crippen molar-refractivity contribution >= 4 is 17.7 Å². The Labute approximate surface area is 228 Å². The van der Waals surface area contributed by atoms with Crippen LogP contribution in [0.25, 0.3) is 0 Å². The predicted molar refractivity (Wildman–Crippen MR) is 145 cm³/mol. The van der Waals surface area contributed by atoms with Crippen LogP contribution in [0.15, 0.2) is 48.5 Å². The van der Waals surface area contributed by atoms with E-state index in [0.29, 0.717) is 37.1 Å². The van der Waals surface area contributed by atoms with Crippen LogP contribution in [-0.4, -0.2) is 48.1 Å². The van der Waals surface area contributed by atoms with Crippen LogP contribution < -0.4 is 15.4 Å². The molecule has 4 rings (SSSR count). The van der Waals surface area contributed by atoms with Crippen LogP contribution in [0.5, 0.6) is 5.75 Å². The minimum atomic E-state index is -0.748. The first kappa shape index (κ1) is 28.8. The molecule has 39 heavy (non-hydrogen) atoms. The second kappa shape index (κ2) is 11.9. The fourth-order valence-corrected chi connectivity index (χ4v) is 6.83. The molecule has 212 valence electrons. The third-order valence-electron chi connectivity index (χ3n) is 9.05. The number of aliphatic hydroxyl groups is 2. The van der Waals surface area contributed by atoms with Crippen LogP contribution in [0.2, 0.25) is 0 Å². The Morgan fingerprint density at radius 2 is 1.85 bits per heavy atom. The number of carbonyl (C=O) groups excluding carboxylic acids is 2. The van der Waals surface area contributed by atoms with Gasteiger partial charge in [-0.2, -0.15) is 0 Å². The fraction of sp³-hybridized carbons (Fsp3) is 0.533. The van der Waals surface area contributed by atoms with Crippen LogP contribution in [0.3, 0.4) is 0 Å². The van der Waals surface area contributed by atoms with Crippen molar-refractivity contribution in [3.05, 3.63) is 59.9 Å². The van der Waals surface area contributed by atoms with E-state index < -0.39 is 29.1 Å². The SMILES string of the molecule is COc1cccc(NC(=O)OC2CCC3(C)C(CC(=O)NCc4ccc(F)cc4)C(O)CCC3C2(C)CO)c1. The summed E-state index contributed by atoms with van der Waals surface area (Å²) < 4.78 is 24.3. The Balaban J connectivity index is 1.44. The quantitative estimate of drug-likeness (QED) is 0.386. The smallest absolute Gasteiger partial charge is 0.411 e. The van der Waals surface area contributed by atoms with Gasteiger partial charge >= 0.3 is 6.09 Å². The van der Waals surface area contributed by atoms with Crippen LogP contribution in [0.1, 0.15) is 51.5 Å². The summed E-state index contributed by atoms with van der Waals surface area (Å²) in [5.74, 6) is -0.306. The molecule has 6 unspecified atom stereocenters. The Hall–Kier alpha value is -3.17. The molecule has 0 aromatic heterocycles. The second-order valence-electron chi connectivity index (χ2n) is 11.4. The van der Waals surface area contributed by atoms with E-state index in [1.165, 1.54) is 12.1 Å². The van der Waals surface area contributed by atoms with Gasteiger partial charge in [0.05, 0.1) is 19.8 Å². The fourth-order valence-electron chi connectivity index (χ4n) is 6.83.